The molecule has 0 bridgehead atoms. The van der Waals surface area contributed by atoms with E-state index in [-0.39, 0.29) is 24.8 Å². The van der Waals surface area contributed by atoms with E-state index in [1.54, 1.807) is 0 Å². The Labute approximate surface area is 183 Å². The number of β-amino-alcohol motifs (C(OH)–C–C–N with tert-alkyl or cyclic N) is 1. The molecule has 8 heteroatoms. The van der Waals surface area contributed by atoms with Gasteiger partial charge in [-0.25, -0.2) is 8.78 Å². The molecule has 4 N–H and O–H groups in total. The second kappa shape index (κ2) is 11.5. The van der Waals surface area contributed by atoms with Gasteiger partial charge in [-0.15, -0.1) is 0 Å². The van der Waals surface area contributed by atoms with Crippen molar-refractivity contribution in [3.8, 4) is 0 Å². The van der Waals surface area contributed by atoms with Gasteiger partial charge >= 0.3 is 0 Å². The molecule has 1 aliphatic carbocycles. The van der Waals surface area contributed by atoms with Gasteiger partial charge in [0.1, 0.15) is 11.6 Å². The maximum Gasteiger partial charge on any atom is 0.240 e. The van der Waals surface area contributed by atoms with E-state index >= 15 is 0 Å². The van der Waals surface area contributed by atoms with Crippen LogP contribution in [0.25, 0.3) is 0 Å². The van der Waals surface area contributed by atoms with Crippen LogP contribution in [0, 0.1) is 17.6 Å². The molecule has 2 unspecified atom stereocenters. The first-order valence-corrected chi connectivity index (χ1v) is 11.0. The average Bonchev–Trinajstić information content (AvgIpc) is 2.69. The predicted octanol–water partition coefficient (Wildman–Crippen LogP) is 2.44. The molecule has 0 heterocycles. The largest absolute Gasteiger partial charge is 0.390 e. The SMILES string of the molecule is CC(=O)NC(Cc1cc(F)cc(F)c1)C(O)CNC1(C(=O)NCC(C)C)CCCCC1. The molecule has 0 spiro atoms. The normalized spacial score (nSPS) is 17.8. The molecular weight excluding hydrogens is 404 g/mol. The predicted molar refractivity (Wildman–Crippen MR) is 115 cm³/mol. The maximum absolute atomic E-state index is 13.6. The summed E-state index contributed by atoms with van der Waals surface area (Å²) in [5.74, 6) is -1.54. The summed E-state index contributed by atoms with van der Waals surface area (Å²) in [7, 11) is 0. The summed E-state index contributed by atoms with van der Waals surface area (Å²) in [6.45, 7) is 6.01. The van der Waals surface area contributed by atoms with E-state index in [1.165, 1.54) is 19.1 Å². The van der Waals surface area contributed by atoms with Crippen molar-refractivity contribution in [2.45, 2.75) is 77.0 Å². The Hall–Kier alpha value is -2.06. The lowest BCUT2D eigenvalue weighted by Crippen LogP contribution is -2.61. The van der Waals surface area contributed by atoms with E-state index in [0.717, 1.165) is 25.3 Å². The van der Waals surface area contributed by atoms with Crippen molar-refractivity contribution in [1.29, 1.82) is 0 Å². The Morgan fingerprint density at radius 1 is 1.06 bits per heavy atom. The average molecular weight is 440 g/mol. The fraction of sp³-hybridized carbons (Fsp3) is 0.652. The highest BCUT2D eigenvalue weighted by molar-refractivity contribution is 5.86. The van der Waals surface area contributed by atoms with Crippen molar-refractivity contribution in [2.75, 3.05) is 13.1 Å². The number of benzene rings is 1. The molecule has 1 fully saturated rings. The fourth-order valence-corrected chi connectivity index (χ4v) is 4.07. The van der Waals surface area contributed by atoms with Gasteiger partial charge in [0.05, 0.1) is 17.7 Å². The second-order valence-electron chi connectivity index (χ2n) is 8.98. The fourth-order valence-electron chi connectivity index (χ4n) is 4.07. The highest BCUT2D eigenvalue weighted by Crippen LogP contribution is 2.28. The van der Waals surface area contributed by atoms with Crippen LogP contribution in [0.15, 0.2) is 18.2 Å². The highest BCUT2D eigenvalue weighted by atomic mass is 19.1. The Morgan fingerprint density at radius 3 is 2.23 bits per heavy atom. The van der Waals surface area contributed by atoms with Gasteiger partial charge < -0.3 is 21.1 Å². The number of aliphatic hydroxyl groups is 1. The number of nitrogens with one attached hydrogen (secondary N) is 3. The molecule has 2 atom stereocenters. The van der Waals surface area contributed by atoms with Crippen LogP contribution in [0.1, 0.15) is 58.4 Å². The Balaban J connectivity index is 2.09. The number of carbonyl (C=O) groups is 2. The van der Waals surface area contributed by atoms with E-state index in [1.807, 2.05) is 13.8 Å². The molecule has 2 rings (SSSR count). The van der Waals surface area contributed by atoms with Crippen LogP contribution < -0.4 is 16.0 Å². The van der Waals surface area contributed by atoms with Gasteiger partial charge in [0.25, 0.3) is 0 Å². The summed E-state index contributed by atoms with van der Waals surface area (Å²) in [4.78, 5) is 24.6. The third kappa shape index (κ3) is 7.85. The number of hydrogen-bond acceptors (Lipinski definition) is 4. The van der Waals surface area contributed by atoms with E-state index in [2.05, 4.69) is 16.0 Å². The van der Waals surface area contributed by atoms with Gasteiger partial charge in [0, 0.05) is 26.1 Å². The van der Waals surface area contributed by atoms with Crippen LogP contribution in [0.5, 0.6) is 0 Å². The van der Waals surface area contributed by atoms with E-state index in [0.29, 0.717) is 30.9 Å². The smallest absolute Gasteiger partial charge is 0.240 e. The van der Waals surface area contributed by atoms with Gasteiger partial charge in [0.15, 0.2) is 0 Å². The van der Waals surface area contributed by atoms with Gasteiger partial charge in [0.2, 0.25) is 11.8 Å². The van der Waals surface area contributed by atoms with Crippen LogP contribution in [0.2, 0.25) is 0 Å². The van der Waals surface area contributed by atoms with Crippen LogP contribution >= 0.6 is 0 Å². The zero-order chi connectivity index (χ0) is 23.0. The number of halogens is 2. The minimum Gasteiger partial charge on any atom is -0.390 e. The number of hydrogen-bond donors (Lipinski definition) is 4. The van der Waals surface area contributed by atoms with Crippen molar-refractivity contribution in [3.05, 3.63) is 35.4 Å². The van der Waals surface area contributed by atoms with Gasteiger partial charge in [-0.2, -0.15) is 0 Å². The van der Waals surface area contributed by atoms with Crippen LogP contribution in [-0.2, 0) is 16.0 Å². The maximum atomic E-state index is 13.6. The lowest BCUT2D eigenvalue weighted by Gasteiger charge is -2.38. The lowest BCUT2D eigenvalue weighted by atomic mass is 9.80. The zero-order valence-electron chi connectivity index (χ0n) is 18.6. The van der Waals surface area contributed by atoms with Gasteiger partial charge in [-0.3, -0.25) is 9.59 Å². The number of aliphatic hydroxyl groups excluding tert-OH is 1. The third-order valence-corrected chi connectivity index (χ3v) is 5.69. The minimum absolute atomic E-state index is 0.0592. The minimum atomic E-state index is -1.05. The summed E-state index contributed by atoms with van der Waals surface area (Å²) in [6.07, 6.45) is 3.23. The van der Waals surface area contributed by atoms with Crippen molar-refractivity contribution in [1.82, 2.24) is 16.0 Å². The third-order valence-electron chi connectivity index (χ3n) is 5.69. The summed E-state index contributed by atoms with van der Waals surface area (Å²) in [6, 6.07) is 2.38. The van der Waals surface area contributed by atoms with Gasteiger partial charge in [-0.1, -0.05) is 33.1 Å². The molecule has 31 heavy (non-hydrogen) atoms. The summed E-state index contributed by atoms with van der Waals surface area (Å²) < 4.78 is 27.1. The standard InChI is InChI=1S/C23H35F2N3O3/c1-15(2)13-26-22(31)23(7-5-4-6-8-23)27-14-21(30)20(28-16(3)29)11-17-9-18(24)12-19(25)10-17/h9-10,12,15,20-21,27,30H,4-8,11,13-14H2,1-3H3,(H,26,31)(H,28,29). The first kappa shape index (κ1) is 25.2. The summed E-state index contributed by atoms with van der Waals surface area (Å²) >= 11 is 0. The Morgan fingerprint density at radius 2 is 1.68 bits per heavy atom. The Bertz CT molecular complexity index is 731. The summed E-state index contributed by atoms with van der Waals surface area (Å²) in [5, 5.41) is 19.7. The molecular formula is C23H35F2N3O3. The number of carbonyl (C=O) groups excluding carboxylic acids is 2. The first-order chi connectivity index (χ1) is 14.6. The molecule has 2 amide bonds. The van der Waals surface area contributed by atoms with E-state index in [4.69, 9.17) is 0 Å². The molecule has 0 aromatic heterocycles. The molecule has 1 aromatic carbocycles. The summed E-state index contributed by atoms with van der Waals surface area (Å²) in [5.41, 5.74) is -0.433. The van der Waals surface area contributed by atoms with Crippen LogP contribution in [0.4, 0.5) is 8.78 Å². The van der Waals surface area contributed by atoms with Crippen molar-refractivity contribution < 1.29 is 23.5 Å². The number of amides is 2. The molecule has 0 radical (unpaired) electrons. The zero-order valence-corrected chi connectivity index (χ0v) is 18.6. The second-order valence-corrected chi connectivity index (χ2v) is 8.98. The van der Waals surface area contributed by atoms with E-state index in [9.17, 15) is 23.5 Å². The quantitative estimate of drug-likeness (QED) is 0.451. The monoisotopic (exact) mass is 439 g/mol. The molecule has 0 aliphatic heterocycles. The van der Waals surface area contributed by atoms with Crippen molar-refractivity contribution in [3.63, 3.8) is 0 Å². The van der Waals surface area contributed by atoms with Crippen molar-refractivity contribution >= 4 is 11.8 Å². The van der Waals surface area contributed by atoms with Crippen LogP contribution in [0.3, 0.4) is 0 Å². The lowest BCUT2D eigenvalue weighted by molar-refractivity contribution is -0.129. The van der Waals surface area contributed by atoms with Gasteiger partial charge in [-0.05, 0) is 42.9 Å². The Kier molecular flexibility index (Phi) is 9.37. The number of rotatable bonds is 10. The molecule has 1 aliphatic rings. The molecule has 1 aromatic rings. The molecule has 1 saturated carbocycles. The molecule has 0 saturated heterocycles. The van der Waals surface area contributed by atoms with E-state index < -0.39 is 29.3 Å². The molecule has 6 nitrogen and oxygen atoms in total. The topological polar surface area (TPSA) is 90.5 Å². The highest BCUT2D eigenvalue weighted by Gasteiger charge is 2.39. The van der Waals surface area contributed by atoms with Crippen molar-refractivity contribution in [2.24, 2.45) is 5.92 Å². The molecule has 174 valence electrons. The first-order valence-electron chi connectivity index (χ1n) is 11.0. The van der Waals surface area contributed by atoms with Crippen LogP contribution in [-0.4, -0.2) is 47.7 Å².